The first-order chi connectivity index (χ1) is 17.2. The van der Waals surface area contributed by atoms with Crippen LogP contribution in [0.15, 0.2) is 0 Å². The lowest BCUT2D eigenvalue weighted by Crippen LogP contribution is -2.59. The predicted molar refractivity (Wildman–Crippen MR) is 140 cm³/mol. The molecular formula is C26H49N5O5. The van der Waals surface area contributed by atoms with Crippen LogP contribution in [0, 0.1) is 5.92 Å². The van der Waals surface area contributed by atoms with Gasteiger partial charge in [0.25, 0.3) is 0 Å². The van der Waals surface area contributed by atoms with E-state index in [0.717, 1.165) is 64.2 Å². The molecule has 0 aromatic carbocycles. The zero-order valence-electron chi connectivity index (χ0n) is 22.2. The van der Waals surface area contributed by atoms with Gasteiger partial charge in [-0.25, -0.2) is 0 Å². The van der Waals surface area contributed by atoms with Gasteiger partial charge in [-0.05, 0) is 52.1 Å². The van der Waals surface area contributed by atoms with Crippen molar-refractivity contribution in [3.8, 4) is 0 Å². The highest BCUT2D eigenvalue weighted by Gasteiger charge is 2.34. The second kappa shape index (κ2) is 18.2. The molecule has 36 heavy (non-hydrogen) atoms. The molecule has 0 spiro atoms. The number of nitrogens with one attached hydrogen (secondary N) is 3. The Kier molecular flexibility index (Phi) is 16.2. The van der Waals surface area contributed by atoms with Gasteiger partial charge in [0.15, 0.2) is 5.78 Å². The molecule has 208 valence electrons. The minimum atomic E-state index is -1.29. The molecule has 0 radical (unpaired) electrons. The van der Waals surface area contributed by atoms with Gasteiger partial charge in [0, 0.05) is 12.3 Å². The van der Waals surface area contributed by atoms with Crippen molar-refractivity contribution in [2.75, 3.05) is 13.1 Å². The summed E-state index contributed by atoms with van der Waals surface area (Å²) in [5, 5.41) is 18.2. The molecule has 0 aromatic rings. The molecule has 3 amide bonds. The van der Waals surface area contributed by atoms with Crippen molar-refractivity contribution in [2.24, 2.45) is 17.4 Å². The monoisotopic (exact) mass is 511 g/mol. The summed E-state index contributed by atoms with van der Waals surface area (Å²) in [4.78, 5) is 51.3. The highest BCUT2D eigenvalue weighted by Crippen LogP contribution is 2.25. The third kappa shape index (κ3) is 11.8. The standard InChI is InChI=1S/C26H49N5O5/c1-3-4-5-6-10-13-22(33)29-21(15-17-28)25(35)31-23(18(2)32)26(36)30-20(14-16-27)24(34)19-11-8-7-9-12-19/h18-21,23,32H,3-17,27-28H2,1-2H3,(H,29,33)(H,30,36)(H,31,35)/t18-,20+,21+,23+/m1/s1. The minimum Gasteiger partial charge on any atom is -0.391 e. The van der Waals surface area contributed by atoms with Crippen molar-refractivity contribution >= 4 is 23.5 Å². The lowest BCUT2D eigenvalue weighted by molar-refractivity contribution is -0.136. The number of hydrogen-bond donors (Lipinski definition) is 6. The Labute approximate surface area is 216 Å². The van der Waals surface area contributed by atoms with Gasteiger partial charge in [-0.2, -0.15) is 0 Å². The van der Waals surface area contributed by atoms with E-state index in [1.54, 1.807) is 0 Å². The Hall–Kier alpha value is -2.04. The molecule has 10 heteroatoms. The number of ketones is 1. The Morgan fingerprint density at radius 2 is 1.44 bits per heavy atom. The predicted octanol–water partition coefficient (Wildman–Crippen LogP) is 1.03. The molecule has 0 heterocycles. The molecule has 0 bridgehead atoms. The van der Waals surface area contributed by atoms with Gasteiger partial charge in [-0.15, -0.1) is 0 Å². The number of carbonyl (C=O) groups excluding carboxylic acids is 4. The van der Waals surface area contributed by atoms with Crippen LogP contribution in [0.4, 0.5) is 0 Å². The van der Waals surface area contributed by atoms with Crippen molar-refractivity contribution < 1.29 is 24.3 Å². The molecule has 0 saturated heterocycles. The molecule has 4 atom stereocenters. The van der Waals surface area contributed by atoms with Crippen LogP contribution >= 0.6 is 0 Å². The molecule has 10 nitrogen and oxygen atoms in total. The van der Waals surface area contributed by atoms with Gasteiger partial charge < -0.3 is 32.5 Å². The van der Waals surface area contributed by atoms with E-state index in [2.05, 4.69) is 22.9 Å². The number of rotatable bonds is 18. The number of nitrogens with two attached hydrogens (primary N) is 2. The topological polar surface area (TPSA) is 177 Å². The fraction of sp³-hybridized carbons (Fsp3) is 0.846. The van der Waals surface area contributed by atoms with Gasteiger partial charge in [-0.3, -0.25) is 19.2 Å². The molecule has 8 N–H and O–H groups in total. The van der Waals surface area contributed by atoms with Crippen LogP contribution in [-0.2, 0) is 19.2 Å². The molecule has 1 fully saturated rings. The smallest absolute Gasteiger partial charge is 0.245 e. The van der Waals surface area contributed by atoms with Crippen molar-refractivity contribution in [3.05, 3.63) is 0 Å². The largest absolute Gasteiger partial charge is 0.391 e. The summed E-state index contributed by atoms with van der Waals surface area (Å²) in [7, 11) is 0. The van der Waals surface area contributed by atoms with Crippen LogP contribution in [-0.4, -0.2) is 65.9 Å². The number of unbranched alkanes of at least 4 members (excludes halogenated alkanes) is 4. The lowest BCUT2D eigenvalue weighted by Gasteiger charge is -2.29. The SMILES string of the molecule is CCCCCCCC(=O)N[C@@H](CCN)C(=O)N[C@H](C(=O)N[C@@H](CCN)C(=O)C1CCCCC1)[C@@H](C)O. The first kappa shape index (κ1) is 32.0. The average Bonchev–Trinajstić information content (AvgIpc) is 2.86. The molecular weight excluding hydrogens is 462 g/mol. The quantitative estimate of drug-likeness (QED) is 0.149. The normalized spacial score (nSPS) is 17.5. The summed E-state index contributed by atoms with van der Waals surface area (Å²) in [5.41, 5.74) is 11.3. The highest BCUT2D eigenvalue weighted by atomic mass is 16.3. The Balaban J connectivity index is 2.76. The molecule has 1 saturated carbocycles. The number of amides is 3. The lowest BCUT2D eigenvalue weighted by atomic mass is 9.83. The second-order valence-electron chi connectivity index (χ2n) is 9.96. The van der Waals surface area contributed by atoms with Crippen molar-refractivity contribution in [3.63, 3.8) is 0 Å². The summed E-state index contributed by atoms with van der Waals surface area (Å²) in [6.07, 6.45) is 9.22. The summed E-state index contributed by atoms with van der Waals surface area (Å²) in [6.45, 7) is 3.89. The van der Waals surface area contributed by atoms with Gasteiger partial charge in [0.2, 0.25) is 17.7 Å². The van der Waals surface area contributed by atoms with Crippen LogP contribution in [0.5, 0.6) is 0 Å². The fourth-order valence-corrected chi connectivity index (χ4v) is 4.64. The van der Waals surface area contributed by atoms with Crippen LogP contribution in [0.3, 0.4) is 0 Å². The molecule has 0 aliphatic heterocycles. The van der Waals surface area contributed by atoms with Gasteiger partial charge >= 0.3 is 0 Å². The maximum atomic E-state index is 13.0. The zero-order chi connectivity index (χ0) is 26.9. The van der Waals surface area contributed by atoms with E-state index >= 15 is 0 Å². The van der Waals surface area contributed by atoms with E-state index in [4.69, 9.17) is 11.5 Å². The molecule has 1 aliphatic rings. The van der Waals surface area contributed by atoms with Gasteiger partial charge in [0.05, 0.1) is 12.1 Å². The van der Waals surface area contributed by atoms with E-state index in [1.807, 2.05) is 0 Å². The van der Waals surface area contributed by atoms with Gasteiger partial charge in [0.1, 0.15) is 12.1 Å². The molecule has 0 unspecified atom stereocenters. The second-order valence-corrected chi connectivity index (χ2v) is 9.96. The number of aliphatic hydroxyl groups is 1. The first-order valence-electron chi connectivity index (χ1n) is 13.8. The first-order valence-corrected chi connectivity index (χ1v) is 13.8. The van der Waals surface area contributed by atoms with Crippen LogP contribution in [0.25, 0.3) is 0 Å². The van der Waals surface area contributed by atoms with Crippen molar-refractivity contribution in [2.45, 2.75) is 122 Å². The van der Waals surface area contributed by atoms with E-state index in [1.165, 1.54) is 6.92 Å². The maximum Gasteiger partial charge on any atom is 0.245 e. The average molecular weight is 512 g/mol. The van der Waals surface area contributed by atoms with E-state index < -0.39 is 36.0 Å². The molecule has 1 aliphatic carbocycles. The van der Waals surface area contributed by atoms with Crippen LogP contribution in [0.2, 0.25) is 0 Å². The Morgan fingerprint density at radius 1 is 0.833 bits per heavy atom. The number of Topliss-reactive ketones (excluding diaryl/α,β-unsaturated/α-hetero) is 1. The summed E-state index contributed by atoms with van der Waals surface area (Å²) in [5.74, 6) is -1.67. The Bertz CT molecular complexity index is 682. The van der Waals surface area contributed by atoms with E-state index in [-0.39, 0.29) is 43.5 Å². The zero-order valence-corrected chi connectivity index (χ0v) is 22.2. The van der Waals surface area contributed by atoms with Crippen molar-refractivity contribution in [1.29, 1.82) is 0 Å². The Morgan fingerprint density at radius 3 is 2.03 bits per heavy atom. The highest BCUT2D eigenvalue weighted by molar-refractivity contribution is 5.95. The maximum absolute atomic E-state index is 13.0. The van der Waals surface area contributed by atoms with E-state index in [9.17, 15) is 24.3 Å². The summed E-state index contributed by atoms with van der Waals surface area (Å²) >= 11 is 0. The fourth-order valence-electron chi connectivity index (χ4n) is 4.64. The molecule has 1 rings (SSSR count). The third-order valence-corrected chi connectivity index (χ3v) is 6.80. The third-order valence-electron chi connectivity index (χ3n) is 6.80. The minimum absolute atomic E-state index is 0.0450. The van der Waals surface area contributed by atoms with Crippen molar-refractivity contribution in [1.82, 2.24) is 16.0 Å². The van der Waals surface area contributed by atoms with Crippen LogP contribution in [0.1, 0.15) is 97.3 Å². The summed E-state index contributed by atoms with van der Waals surface area (Å²) < 4.78 is 0. The number of aliphatic hydroxyl groups excluding tert-OH is 1. The number of carbonyl (C=O) groups is 4. The van der Waals surface area contributed by atoms with Gasteiger partial charge in [-0.1, -0.05) is 51.9 Å². The number of hydrogen-bond acceptors (Lipinski definition) is 7. The van der Waals surface area contributed by atoms with E-state index in [0.29, 0.717) is 6.42 Å². The molecule has 0 aromatic heterocycles. The van der Waals surface area contributed by atoms with Crippen LogP contribution < -0.4 is 27.4 Å². The summed E-state index contributed by atoms with van der Waals surface area (Å²) in [6, 6.07) is -2.98.